The fraction of sp³-hybridized carbons (Fsp3) is 0.562. The SMILES string of the molecule is CCCCCNS(=O)(=O)c1ccc(NC(C)(C)C)c(C(=O)O)c1. The number of carboxylic acid groups (broad SMARTS) is 1. The zero-order chi connectivity index (χ0) is 17.7. The van der Waals surface area contributed by atoms with Gasteiger partial charge in [0.05, 0.1) is 10.5 Å². The lowest BCUT2D eigenvalue weighted by atomic mass is 10.1. The first kappa shape index (κ1) is 19.4. The van der Waals surface area contributed by atoms with Gasteiger partial charge in [-0.05, 0) is 45.4 Å². The number of unbranched alkanes of at least 4 members (excludes halogenated alkanes) is 2. The summed E-state index contributed by atoms with van der Waals surface area (Å²) in [7, 11) is -3.70. The minimum Gasteiger partial charge on any atom is -0.478 e. The van der Waals surface area contributed by atoms with Crippen LogP contribution in [-0.4, -0.2) is 31.6 Å². The Bertz CT molecular complexity index is 649. The number of aromatic carboxylic acids is 1. The monoisotopic (exact) mass is 342 g/mol. The van der Waals surface area contributed by atoms with Crippen LogP contribution in [0.5, 0.6) is 0 Å². The summed E-state index contributed by atoms with van der Waals surface area (Å²) in [6.07, 6.45) is 2.70. The highest BCUT2D eigenvalue weighted by atomic mass is 32.2. The summed E-state index contributed by atoms with van der Waals surface area (Å²) in [5, 5.41) is 12.4. The summed E-state index contributed by atoms with van der Waals surface area (Å²) in [5.74, 6) is -1.17. The van der Waals surface area contributed by atoms with Crippen molar-refractivity contribution in [3.8, 4) is 0 Å². The second kappa shape index (κ2) is 7.79. The number of hydrogen-bond donors (Lipinski definition) is 3. The van der Waals surface area contributed by atoms with Crippen LogP contribution >= 0.6 is 0 Å². The molecule has 0 atom stereocenters. The molecule has 0 aromatic heterocycles. The Morgan fingerprint density at radius 1 is 1.22 bits per heavy atom. The van der Waals surface area contributed by atoms with Crippen LogP contribution in [0.15, 0.2) is 23.1 Å². The van der Waals surface area contributed by atoms with Crippen LogP contribution in [0.1, 0.15) is 57.3 Å². The molecule has 0 amide bonds. The molecule has 130 valence electrons. The van der Waals surface area contributed by atoms with Crippen LogP contribution in [0, 0.1) is 0 Å². The maximum Gasteiger partial charge on any atom is 0.337 e. The average molecular weight is 342 g/mol. The molecule has 0 unspecified atom stereocenters. The molecule has 1 rings (SSSR count). The van der Waals surface area contributed by atoms with Crippen LogP contribution < -0.4 is 10.0 Å². The van der Waals surface area contributed by atoms with Crippen molar-refractivity contribution < 1.29 is 18.3 Å². The zero-order valence-electron chi connectivity index (χ0n) is 14.1. The topological polar surface area (TPSA) is 95.5 Å². The number of hydrogen-bond acceptors (Lipinski definition) is 4. The molecular weight excluding hydrogens is 316 g/mol. The van der Waals surface area contributed by atoms with Gasteiger partial charge in [-0.3, -0.25) is 0 Å². The fourth-order valence-electron chi connectivity index (χ4n) is 2.05. The summed E-state index contributed by atoms with van der Waals surface area (Å²) in [6, 6.07) is 4.11. The van der Waals surface area contributed by atoms with E-state index in [4.69, 9.17) is 0 Å². The molecule has 0 aliphatic carbocycles. The molecular formula is C16H26N2O4S. The van der Waals surface area contributed by atoms with E-state index < -0.39 is 16.0 Å². The van der Waals surface area contributed by atoms with Crippen molar-refractivity contribution in [1.29, 1.82) is 0 Å². The smallest absolute Gasteiger partial charge is 0.337 e. The van der Waals surface area contributed by atoms with E-state index in [0.29, 0.717) is 12.2 Å². The largest absolute Gasteiger partial charge is 0.478 e. The van der Waals surface area contributed by atoms with Crippen molar-refractivity contribution in [2.45, 2.75) is 57.4 Å². The van der Waals surface area contributed by atoms with Crippen molar-refractivity contribution >= 4 is 21.7 Å². The number of rotatable bonds is 8. The predicted molar refractivity (Wildman–Crippen MR) is 91.5 cm³/mol. The Balaban J connectivity index is 3.05. The molecule has 0 bridgehead atoms. The molecule has 0 fully saturated rings. The molecule has 0 radical (unpaired) electrons. The molecule has 23 heavy (non-hydrogen) atoms. The van der Waals surface area contributed by atoms with Gasteiger partial charge in [0.15, 0.2) is 0 Å². The summed E-state index contributed by atoms with van der Waals surface area (Å²) in [6.45, 7) is 8.09. The highest BCUT2D eigenvalue weighted by Gasteiger charge is 2.20. The molecule has 1 aromatic carbocycles. The van der Waals surface area contributed by atoms with Crippen LogP contribution in [0.3, 0.4) is 0 Å². The van der Waals surface area contributed by atoms with Gasteiger partial charge in [-0.15, -0.1) is 0 Å². The molecule has 1 aromatic rings. The first-order chi connectivity index (χ1) is 10.6. The minimum atomic E-state index is -3.70. The predicted octanol–water partition coefficient (Wildman–Crippen LogP) is 3.06. The van der Waals surface area contributed by atoms with E-state index in [0.717, 1.165) is 19.3 Å². The minimum absolute atomic E-state index is 0.0362. The number of sulfonamides is 1. The van der Waals surface area contributed by atoms with Crippen LogP contribution in [0.2, 0.25) is 0 Å². The second-order valence-electron chi connectivity index (χ2n) is 6.49. The Morgan fingerprint density at radius 3 is 2.39 bits per heavy atom. The molecule has 0 heterocycles. The van der Waals surface area contributed by atoms with Gasteiger partial charge in [-0.25, -0.2) is 17.9 Å². The van der Waals surface area contributed by atoms with Gasteiger partial charge in [-0.2, -0.15) is 0 Å². The molecule has 3 N–H and O–H groups in total. The molecule has 0 saturated heterocycles. The molecule has 0 spiro atoms. The Morgan fingerprint density at radius 2 is 1.87 bits per heavy atom. The maximum atomic E-state index is 12.2. The van der Waals surface area contributed by atoms with E-state index in [1.165, 1.54) is 18.2 Å². The molecule has 0 aliphatic heterocycles. The van der Waals surface area contributed by atoms with Crippen molar-refractivity contribution in [3.05, 3.63) is 23.8 Å². The lowest BCUT2D eigenvalue weighted by Crippen LogP contribution is -2.28. The van der Waals surface area contributed by atoms with Gasteiger partial charge in [0.2, 0.25) is 10.0 Å². The quantitative estimate of drug-likeness (QED) is 0.631. The molecule has 7 heteroatoms. The number of carboxylic acids is 1. The van der Waals surface area contributed by atoms with E-state index in [-0.39, 0.29) is 16.0 Å². The van der Waals surface area contributed by atoms with E-state index >= 15 is 0 Å². The van der Waals surface area contributed by atoms with Gasteiger partial charge in [0.1, 0.15) is 0 Å². The third kappa shape index (κ3) is 6.19. The van der Waals surface area contributed by atoms with E-state index in [1.807, 2.05) is 27.7 Å². The first-order valence-corrected chi connectivity index (χ1v) is 9.20. The summed E-state index contributed by atoms with van der Waals surface area (Å²) in [5.41, 5.74) is 0.00880. The van der Waals surface area contributed by atoms with Gasteiger partial charge in [0.25, 0.3) is 0 Å². The van der Waals surface area contributed by atoms with Gasteiger partial charge in [0, 0.05) is 17.8 Å². The number of nitrogens with one attached hydrogen (secondary N) is 2. The normalized spacial score (nSPS) is 12.2. The number of benzene rings is 1. The standard InChI is InChI=1S/C16H26N2O4S/c1-5-6-7-10-17-23(21,22)12-8-9-14(18-16(2,3)4)13(11-12)15(19)20/h8-9,11,17-18H,5-7,10H2,1-4H3,(H,19,20). The van der Waals surface area contributed by atoms with Gasteiger partial charge in [-0.1, -0.05) is 19.8 Å². The molecule has 0 saturated carbocycles. The average Bonchev–Trinajstić information content (AvgIpc) is 2.42. The van der Waals surface area contributed by atoms with Crippen molar-refractivity contribution in [3.63, 3.8) is 0 Å². The Kier molecular flexibility index (Phi) is 6.58. The highest BCUT2D eigenvalue weighted by Crippen LogP contribution is 2.23. The van der Waals surface area contributed by atoms with Crippen LogP contribution in [-0.2, 0) is 10.0 Å². The Hall–Kier alpha value is -1.60. The Labute approximate surface area is 138 Å². The fourth-order valence-corrected chi connectivity index (χ4v) is 3.15. The summed E-state index contributed by atoms with van der Waals surface area (Å²) >= 11 is 0. The van der Waals surface area contributed by atoms with Crippen LogP contribution in [0.4, 0.5) is 5.69 Å². The highest BCUT2D eigenvalue weighted by molar-refractivity contribution is 7.89. The lowest BCUT2D eigenvalue weighted by molar-refractivity contribution is 0.0697. The van der Waals surface area contributed by atoms with Crippen molar-refractivity contribution in [1.82, 2.24) is 4.72 Å². The van der Waals surface area contributed by atoms with E-state index in [9.17, 15) is 18.3 Å². The van der Waals surface area contributed by atoms with Crippen molar-refractivity contribution in [2.75, 3.05) is 11.9 Å². The van der Waals surface area contributed by atoms with Gasteiger partial charge < -0.3 is 10.4 Å². The van der Waals surface area contributed by atoms with E-state index in [2.05, 4.69) is 10.0 Å². The third-order valence-electron chi connectivity index (χ3n) is 3.11. The second-order valence-corrected chi connectivity index (χ2v) is 8.26. The van der Waals surface area contributed by atoms with E-state index in [1.54, 1.807) is 0 Å². The number of carbonyl (C=O) groups is 1. The van der Waals surface area contributed by atoms with Crippen LogP contribution in [0.25, 0.3) is 0 Å². The zero-order valence-corrected chi connectivity index (χ0v) is 15.0. The van der Waals surface area contributed by atoms with Gasteiger partial charge >= 0.3 is 5.97 Å². The lowest BCUT2D eigenvalue weighted by Gasteiger charge is -2.23. The molecule has 0 aliphatic rings. The number of anilines is 1. The van der Waals surface area contributed by atoms with Crippen molar-refractivity contribution in [2.24, 2.45) is 0 Å². The molecule has 6 nitrogen and oxygen atoms in total. The first-order valence-electron chi connectivity index (χ1n) is 7.72. The maximum absolute atomic E-state index is 12.2. The third-order valence-corrected chi connectivity index (χ3v) is 4.57. The summed E-state index contributed by atoms with van der Waals surface area (Å²) < 4.78 is 27.0. The summed E-state index contributed by atoms with van der Waals surface area (Å²) in [4.78, 5) is 11.4.